The predicted octanol–water partition coefficient (Wildman–Crippen LogP) is 1.93. The SMILES string of the molecule is NC(=O)c1nn(CC(=O)N2CC(F)CC2C(=O)NC2CCCCC2F)c2ccc(-c3ccnnc3)cc12. The summed E-state index contributed by atoms with van der Waals surface area (Å²) in [4.78, 5) is 39.5. The molecule has 2 aromatic heterocycles. The summed E-state index contributed by atoms with van der Waals surface area (Å²) in [5.74, 6) is -1.86. The number of alkyl halides is 2. The Balaban J connectivity index is 1.38. The van der Waals surface area contributed by atoms with Gasteiger partial charge in [0, 0.05) is 17.4 Å². The molecule has 1 aliphatic heterocycles. The van der Waals surface area contributed by atoms with E-state index in [-0.39, 0.29) is 25.2 Å². The monoisotopic (exact) mass is 511 g/mol. The van der Waals surface area contributed by atoms with Crippen LogP contribution in [0.3, 0.4) is 0 Å². The van der Waals surface area contributed by atoms with Gasteiger partial charge in [-0.1, -0.05) is 18.9 Å². The van der Waals surface area contributed by atoms with Gasteiger partial charge in [0.25, 0.3) is 5.91 Å². The lowest BCUT2D eigenvalue weighted by Crippen LogP contribution is -2.52. The summed E-state index contributed by atoms with van der Waals surface area (Å²) in [6.07, 6.45) is 2.88. The number of hydrogen-bond donors (Lipinski definition) is 2. The van der Waals surface area contributed by atoms with Crippen molar-refractivity contribution < 1.29 is 23.2 Å². The molecule has 2 aliphatic rings. The second kappa shape index (κ2) is 10.2. The molecule has 12 heteroatoms. The molecule has 3 N–H and O–H groups in total. The van der Waals surface area contributed by atoms with Crippen molar-refractivity contribution in [2.45, 2.75) is 63.1 Å². The molecule has 0 radical (unpaired) electrons. The summed E-state index contributed by atoms with van der Waals surface area (Å²) in [5.41, 5.74) is 7.53. The fraction of sp³-hybridized carbons (Fsp3) is 0.440. The van der Waals surface area contributed by atoms with E-state index in [2.05, 4.69) is 20.6 Å². The normalized spacial score (nSPS) is 23.8. The molecule has 1 aliphatic carbocycles. The van der Waals surface area contributed by atoms with Crippen molar-refractivity contribution in [1.29, 1.82) is 0 Å². The van der Waals surface area contributed by atoms with Crippen molar-refractivity contribution in [2.75, 3.05) is 6.54 Å². The maximum absolute atomic E-state index is 14.4. The lowest BCUT2D eigenvalue weighted by Gasteiger charge is -2.30. The van der Waals surface area contributed by atoms with Gasteiger partial charge in [0.05, 0.1) is 30.5 Å². The van der Waals surface area contributed by atoms with E-state index in [0.717, 1.165) is 24.0 Å². The number of amides is 3. The van der Waals surface area contributed by atoms with E-state index in [1.165, 1.54) is 9.58 Å². The number of likely N-dealkylation sites (tertiary alicyclic amines) is 1. The Morgan fingerprint density at radius 1 is 1.08 bits per heavy atom. The molecule has 194 valence electrons. The number of nitrogens with two attached hydrogens (primary N) is 1. The number of benzene rings is 1. The molecule has 3 heterocycles. The predicted molar refractivity (Wildman–Crippen MR) is 130 cm³/mol. The van der Waals surface area contributed by atoms with Gasteiger partial charge < -0.3 is 16.0 Å². The lowest BCUT2D eigenvalue weighted by molar-refractivity contribution is -0.139. The second-order valence-electron chi connectivity index (χ2n) is 9.54. The van der Waals surface area contributed by atoms with Crippen LogP contribution in [0, 0.1) is 0 Å². The Morgan fingerprint density at radius 3 is 2.62 bits per heavy atom. The molecule has 4 atom stereocenters. The molecule has 0 bridgehead atoms. The number of carbonyl (C=O) groups is 3. The van der Waals surface area contributed by atoms with Crippen molar-refractivity contribution in [1.82, 2.24) is 30.2 Å². The van der Waals surface area contributed by atoms with Gasteiger partial charge in [-0.3, -0.25) is 19.1 Å². The van der Waals surface area contributed by atoms with Gasteiger partial charge in [0.15, 0.2) is 5.69 Å². The number of nitrogens with one attached hydrogen (secondary N) is 1. The Bertz CT molecular complexity index is 1330. The van der Waals surface area contributed by atoms with Crippen LogP contribution in [-0.2, 0) is 16.1 Å². The van der Waals surface area contributed by atoms with Crippen LogP contribution in [0.25, 0.3) is 22.0 Å². The van der Waals surface area contributed by atoms with Crippen LogP contribution in [0.2, 0.25) is 0 Å². The zero-order chi connectivity index (χ0) is 26.1. The third-order valence-electron chi connectivity index (χ3n) is 7.07. The van der Waals surface area contributed by atoms with Crippen molar-refractivity contribution in [3.63, 3.8) is 0 Å². The molecule has 5 rings (SSSR count). The number of halogens is 2. The number of rotatable bonds is 6. The molecule has 3 amide bonds. The van der Waals surface area contributed by atoms with E-state index in [1.807, 2.05) is 0 Å². The molecule has 2 fully saturated rings. The zero-order valence-electron chi connectivity index (χ0n) is 20.0. The smallest absolute Gasteiger partial charge is 0.269 e. The van der Waals surface area contributed by atoms with Crippen molar-refractivity contribution in [2.24, 2.45) is 5.73 Å². The molecule has 10 nitrogen and oxygen atoms in total. The average molecular weight is 512 g/mol. The molecular weight excluding hydrogens is 484 g/mol. The summed E-state index contributed by atoms with van der Waals surface area (Å²) < 4.78 is 29.9. The maximum atomic E-state index is 14.4. The fourth-order valence-electron chi connectivity index (χ4n) is 5.18. The molecule has 37 heavy (non-hydrogen) atoms. The van der Waals surface area contributed by atoms with Crippen LogP contribution in [-0.4, -0.2) is 73.6 Å². The van der Waals surface area contributed by atoms with Gasteiger partial charge in [0.2, 0.25) is 11.8 Å². The second-order valence-corrected chi connectivity index (χ2v) is 9.54. The van der Waals surface area contributed by atoms with E-state index >= 15 is 0 Å². The highest BCUT2D eigenvalue weighted by Crippen LogP contribution is 2.28. The minimum absolute atomic E-state index is 0.0166. The van der Waals surface area contributed by atoms with Gasteiger partial charge in [-0.05, 0) is 36.6 Å². The van der Waals surface area contributed by atoms with Gasteiger partial charge in [-0.15, -0.1) is 0 Å². The maximum Gasteiger partial charge on any atom is 0.269 e. The Labute approximate surface area is 211 Å². The highest BCUT2D eigenvalue weighted by molar-refractivity contribution is 6.05. The fourth-order valence-corrected chi connectivity index (χ4v) is 5.18. The molecule has 0 spiro atoms. The zero-order valence-corrected chi connectivity index (χ0v) is 20.0. The number of fused-ring (bicyclic) bond motifs is 1. The van der Waals surface area contributed by atoms with Gasteiger partial charge in [-0.25, -0.2) is 8.78 Å². The quantitative estimate of drug-likeness (QED) is 0.519. The molecule has 1 saturated carbocycles. The van der Waals surface area contributed by atoms with Crippen LogP contribution in [0.5, 0.6) is 0 Å². The number of hydrogen-bond acceptors (Lipinski definition) is 6. The summed E-state index contributed by atoms with van der Waals surface area (Å²) in [5, 5.41) is 15.0. The lowest BCUT2D eigenvalue weighted by atomic mass is 9.93. The minimum Gasteiger partial charge on any atom is -0.364 e. The number of aromatic nitrogens is 4. The minimum atomic E-state index is -1.38. The van der Waals surface area contributed by atoms with E-state index < -0.39 is 42.1 Å². The first-order valence-corrected chi connectivity index (χ1v) is 12.3. The van der Waals surface area contributed by atoms with Gasteiger partial charge >= 0.3 is 0 Å². The average Bonchev–Trinajstić information content (AvgIpc) is 3.46. The van der Waals surface area contributed by atoms with Crippen molar-refractivity contribution in [3.8, 4) is 11.1 Å². The molecule has 1 saturated heterocycles. The highest BCUT2D eigenvalue weighted by Gasteiger charge is 2.41. The Hall–Kier alpha value is -3.96. The van der Waals surface area contributed by atoms with Crippen LogP contribution < -0.4 is 11.1 Å². The van der Waals surface area contributed by atoms with E-state index in [1.54, 1.807) is 36.7 Å². The highest BCUT2D eigenvalue weighted by atomic mass is 19.1. The summed E-state index contributed by atoms with van der Waals surface area (Å²) in [6, 6.07) is 5.30. The van der Waals surface area contributed by atoms with Crippen LogP contribution >= 0.6 is 0 Å². The molecular formula is C25H27F2N7O3. The third kappa shape index (κ3) is 5.00. The Morgan fingerprint density at radius 2 is 1.89 bits per heavy atom. The number of primary amides is 1. The first-order valence-electron chi connectivity index (χ1n) is 12.3. The number of carbonyl (C=O) groups excluding carboxylic acids is 3. The van der Waals surface area contributed by atoms with E-state index in [4.69, 9.17) is 5.73 Å². The number of nitrogens with zero attached hydrogens (tertiary/aromatic N) is 5. The van der Waals surface area contributed by atoms with Crippen LogP contribution in [0.1, 0.15) is 42.6 Å². The van der Waals surface area contributed by atoms with E-state index in [0.29, 0.717) is 23.7 Å². The van der Waals surface area contributed by atoms with E-state index in [9.17, 15) is 23.2 Å². The topological polar surface area (TPSA) is 136 Å². The molecule has 4 unspecified atom stereocenters. The van der Waals surface area contributed by atoms with Crippen molar-refractivity contribution in [3.05, 3.63) is 42.4 Å². The standard InChI is InChI=1S/C25H27F2N7O3/c26-16-10-21(25(37)31-19-4-2-1-3-18(19)27)33(12-16)22(35)13-34-20-6-5-14(15-7-8-29-30-11-15)9-17(20)23(32-34)24(28)36/h5-9,11,16,18-19,21H,1-4,10,12-13H2,(H2,28,36)(H,31,37). The third-order valence-corrected chi connectivity index (χ3v) is 7.07. The van der Waals surface area contributed by atoms with Gasteiger partial charge in [-0.2, -0.15) is 15.3 Å². The first-order chi connectivity index (χ1) is 17.8. The summed E-state index contributed by atoms with van der Waals surface area (Å²) in [7, 11) is 0. The van der Waals surface area contributed by atoms with Gasteiger partial charge in [0.1, 0.15) is 24.9 Å². The first kappa shape index (κ1) is 24.7. The Kier molecular flexibility index (Phi) is 6.81. The largest absolute Gasteiger partial charge is 0.364 e. The van der Waals surface area contributed by atoms with Crippen LogP contribution in [0.15, 0.2) is 36.7 Å². The molecule has 1 aromatic carbocycles. The van der Waals surface area contributed by atoms with Crippen LogP contribution in [0.4, 0.5) is 8.78 Å². The molecule has 3 aromatic rings. The summed E-state index contributed by atoms with van der Waals surface area (Å²) in [6.45, 7) is -0.576. The summed E-state index contributed by atoms with van der Waals surface area (Å²) >= 11 is 0. The van der Waals surface area contributed by atoms with Crippen molar-refractivity contribution >= 4 is 28.6 Å².